The summed E-state index contributed by atoms with van der Waals surface area (Å²) in [5, 5.41) is 11.6. The lowest BCUT2D eigenvalue weighted by Crippen LogP contribution is -2.27. The number of hydrogen-bond donors (Lipinski definition) is 0. The third-order valence-corrected chi connectivity index (χ3v) is 5.76. The Morgan fingerprint density at radius 1 is 1.24 bits per heavy atom. The van der Waals surface area contributed by atoms with Crippen LogP contribution in [0.5, 0.6) is 0 Å². The van der Waals surface area contributed by atoms with Gasteiger partial charge in [0, 0.05) is 40.2 Å². The third kappa shape index (κ3) is 4.52. The molecule has 154 valence electrons. The van der Waals surface area contributed by atoms with Gasteiger partial charge in [-0.25, -0.2) is 4.79 Å². The number of aryl methyl sites for hydroxylation is 2. The zero-order chi connectivity index (χ0) is 21.3. The van der Waals surface area contributed by atoms with E-state index < -0.39 is 28.4 Å². The molecule has 1 aromatic carbocycles. The normalized spacial score (nSPS) is 21.5. The molecule has 1 aromatic heterocycles. The van der Waals surface area contributed by atoms with Crippen molar-refractivity contribution < 1.29 is 23.7 Å². The predicted octanol–water partition coefficient (Wildman–Crippen LogP) is 2.96. The molecule has 29 heavy (non-hydrogen) atoms. The van der Waals surface area contributed by atoms with Crippen molar-refractivity contribution >= 4 is 22.7 Å². The van der Waals surface area contributed by atoms with Gasteiger partial charge in [-0.15, -0.1) is 0 Å². The average Bonchev–Trinajstić information content (AvgIpc) is 2.87. The molecule has 3 atom stereocenters. The second-order valence-corrected chi connectivity index (χ2v) is 7.82. The van der Waals surface area contributed by atoms with Crippen LogP contribution in [0, 0.1) is 41.7 Å². The summed E-state index contributed by atoms with van der Waals surface area (Å²) in [6, 6.07) is 4.91. The summed E-state index contributed by atoms with van der Waals surface area (Å²) in [6.07, 6.45) is 0.0403. The van der Waals surface area contributed by atoms with Crippen molar-refractivity contribution in [2.24, 2.45) is 17.8 Å². The highest BCUT2D eigenvalue weighted by atomic mass is 16.6. The maximum atomic E-state index is 12.4. The van der Waals surface area contributed by atoms with Crippen molar-refractivity contribution in [1.29, 1.82) is 0 Å². The van der Waals surface area contributed by atoms with E-state index >= 15 is 0 Å². The minimum absolute atomic E-state index is 0.139. The van der Waals surface area contributed by atoms with Gasteiger partial charge in [0.1, 0.15) is 18.0 Å². The number of nitrogens with zero attached hydrogens (tertiary/aromatic N) is 1. The first-order valence-corrected chi connectivity index (χ1v) is 9.49. The van der Waals surface area contributed by atoms with Crippen molar-refractivity contribution in [3.63, 3.8) is 0 Å². The Labute approximate surface area is 167 Å². The Morgan fingerprint density at radius 2 is 1.93 bits per heavy atom. The van der Waals surface area contributed by atoms with Crippen LogP contribution in [0.2, 0.25) is 0 Å². The number of ether oxygens (including phenoxy) is 1. The predicted molar refractivity (Wildman–Crippen MR) is 104 cm³/mol. The minimum atomic E-state index is -0.703. The lowest BCUT2D eigenvalue weighted by molar-refractivity contribution is -0.490. The van der Waals surface area contributed by atoms with Crippen molar-refractivity contribution in [3.8, 4) is 0 Å². The van der Waals surface area contributed by atoms with Crippen LogP contribution in [0.1, 0.15) is 36.5 Å². The Balaban J connectivity index is 1.74. The monoisotopic (exact) mass is 401 g/mol. The van der Waals surface area contributed by atoms with E-state index in [1.54, 1.807) is 13.0 Å². The number of esters is 1. The average molecular weight is 401 g/mol. The molecule has 1 aliphatic rings. The number of carbonyl (C=O) groups is 2. The van der Waals surface area contributed by atoms with Crippen molar-refractivity contribution in [2.45, 2.75) is 40.2 Å². The Morgan fingerprint density at radius 3 is 2.62 bits per heavy atom. The van der Waals surface area contributed by atoms with Gasteiger partial charge in [-0.2, -0.15) is 0 Å². The summed E-state index contributed by atoms with van der Waals surface area (Å²) in [4.78, 5) is 46.8. The number of rotatable bonds is 6. The molecule has 0 saturated heterocycles. The first-order chi connectivity index (χ1) is 13.7. The molecule has 8 nitrogen and oxygen atoms in total. The highest BCUT2D eigenvalue weighted by molar-refractivity contribution is 5.88. The van der Waals surface area contributed by atoms with E-state index in [0.717, 1.165) is 11.1 Å². The molecule has 3 rings (SSSR count). The van der Waals surface area contributed by atoms with Crippen LogP contribution in [0.15, 0.2) is 27.4 Å². The molecule has 1 aliphatic carbocycles. The fourth-order valence-electron chi connectivity index (χ4n) is 4.00. The third-order valence-electron chi connectivity index (χ3n) is 5.76. The van der Waals surface area contributed by atoms with Gasteiger partial charge in [0.15, 0.2) is 0 Å². The van der Waals surface area contributed by atoms with Crippen LogP contribution in [0.4, 0.5) is 0 Å². The second-order valence-electron chi connectivity index (χ2n) is 7.82. The Hall–Kier alpha value is -3.03. The summed E-state index contributed by atoms with van der Waals surface area (Å²) in [7, 11) is 0. The lowest BCUT2D eigenvalue weighted by Gasteiger charge is -2.17. The van der Waals surface area contributed by atoms with E-state index in [-0.39, 0.29) is 37.7 Å². The van der Waals surface area contributed by atoms with Crippen LogP contribution >= 0.6 is 0 Å². The molecular formula is C21H23NO7. The number of carbonyl (C=O) groups excluding carboxylic acids is 2. The number of fused-ring (bicyclic) bond motifs is 1. The largest absolute Gasteiger partial charge is 0.461 e. The number of benzene rings is 1. The molecule has 0 radical (unpaired) electrons. The standard InChI is InChI=1S/C21H23NO7/c1-11-4-15-14(7-21(25)29-19(15)6-12(11)2)10-28-20(24)8-16-17(9-22(26)27)13(3)5-18(16)23/h4,6-7,13,16-17H,5,8-10H2,1-3H3/t13-,16-,17+/m1/s1. The maximum absolute atomic E-state index is 12.4. The van der Waals surface area contributed by atoms with Gasteiger partial charge in [0.25, 0.3) is 0 Å². The van der Waals surface area contributed by atoms with Gasteiger partial charge in [0.05, 0.1) is 6.42 Å². The summed E-state index contributed by atoms with van der Waals surface area (Å²) in [6.45, 7) is 5.14. The van der Waals surface area contributed by atoms with Gasteiger partial charge in [0.2, 0.25) is 6.54 Å². The van der Waals surface area contributed by atoms with Crippen LogP contribution in [0.25, 0.3) is 11.0 Å². The summed E-state index contributed by atoms with van der Waals surface area (Å²) >= 11 is 0. The number of Topliss-reactive ketones (excluding diaryl/α,β-unsaturated/α-hetero) is 1. The lowest BCUT2D eigenvalue weighted by atomic mass is 9.88. The topological polar surface area (TPSA) is 117 Å². The molecule has 2 aromatic rings. The van der Waals surface area contributed by atoms with E-state index in [1.807, 2.05) is 19.9 Å². The summed E-state index contributed by atoms with van der Waals surface area (Å²) < 4.78 is 10.5. The van der Waals surface area contributed by atoms with Gasteiger partial charge < -0.3 is 9.15 Å². The Bertz CT molecular complexity index is 1040. The quantitative estimate of drug-likeness (QED) is 0.316. The maximum Gasteiger partial charge on any atom is 0.336 e. The SMILES string of the molecule is Cc1cc2oc(=O)cc(COC(=O)C[C@H]3C(=O)C[C@@H](C)[C@@H]3C[N+](=O)[O-])c2cc1C. The highest BCUT2D eigenvalue weighted by Crippen LogP contribution is 2.36. The van der Waals surface area contributed by atoms with E-state index in [0.29, 0.717) is 16.5 Å². The second kappa shape index (κ2) is 8.14. The van der Waals surface area contributed by atoms with E-state index in [1.165, 1.54) is 6.07 Å². The van der Waals surface area contributed by atoms with Gasteiger partial charge in [-0.1, -0.05) is 6.92 Å². The van der Waals surface area contributed by atoms with Gasteiger partial charge in [-0.05, 0) is 43.0 Å². The fraction of sp³-hybridized carbons (Fsp3) is 0.476. The zero-order valence-electron chi connectivity index (χ0n) is 16.6. The van der Waals surface area contributed by atoms with Crippen LogP contribution in [0.3, 0.4) is 0 Å². The van der Waals surface area contributed by atoms with Gasteiger partial charge in [-0.3, -0.25) is 19.7 Å². The van der Waals surface area contributed by atoms with Gasteiger partial charge >= 0.3 is 11.6 Å². The molecule has 0 bridgehead atoms. The van der Waals surface area contributed by atoms with E-state index in [2.05, 4.69) is 0 Å². The molecule has 8 heteroatoms. The van der Waals surface area contributed by atoms with Crippen LogP contribution < -0.4 is 5.63 Å². The molecule has 1 heterocycles. The molecular weight excluding hydrogens is 378 g/mol. The zero-order valence-corrected chi connectivity index (χ0v) is 16.6. The molecule has 0 N–H and O–H groups in total. The first-order valence-electron chi connectivity index (χ1n) is 9.49. The van der Waals surface area contributed by atoms with Crippen LogP contribution in [-0.2, 0) is 20.9 Å². The summed E-state index contributed by atoms with van der Waals surface area (Å²) in [5.41, 5.74) is 2.36. The minimum Gasteiger partial charge on any atom is -0.461 e. The smallest absolute Gasteiger partial charge is 0.336 e. The number of hydrogen-bond acceptors (Lipinski definition) is 7. The molecule has 0 aliphatic heterocycles. The van der Waals surface area contributed by atoms with Crippen LogP contribution in [-0.4, -0.2) is 23.2 Å². The summed E-state index contributed by atoms with van der Waals surface area (Å²) in [5.74, 6) is -2.07. The number of ketones is 1. The Kier molecular flexibility index (Phi) is 5.81. The number of nitro groups is 1. The van der Waals surface area contributed by atoms with Crippen molar-refractivity contribution in [1.82, 2.24) is 0 Å². The highest BCUT2D eigenvalue weighted by Gasteiger charge is 2.44. The van der Waals surface area contributed by atoms with E-state index in [4.69, 9.17) is 9.15 Å². The van der Waals surface area contributed by atoms with Crippen molar-refractivity contribution in [2.75, 3.05) is 6.54 Å². The van der Waals surface area contributed by atoms with Crippen molar-refractivity contribution in [3.05, 3.63) is 55.4 Å². The molecule has 1 fully saturated rings. The molecule has 0 amide bonds. The first kappa shape index (κ1) is 20.7. The van der Waals surface area contributed by atoms with E-state index in [9.17, 15) is 24.5 Å². The fourth-order valence-corrected chi connectivity index (χ4v) is 4.00. The molecule has 1 saturated carbocycles. The molecule has 0 spiro atoms. The molecule has 0 unspecified atom stereocenters.